The molecule has 2 aromatic heterocycles. The van der Waals surface area contributed by atoms with E-state index in [9.17, 15) is 23.3 Å². The number of nitrogens with zero attached hydrogens (tertiary/aromatic N) is 5. The lowest BCUT2D eigenvalue weighted by Gasteiger charge is -2.39. The fraction of sp³-hybridized carbons (Fsp3) is 0.429. The number of aromatic amines is 1. The number of pyridine rings is 1. The minimum absolute atomic E-state index is 0.0347. The van der Waals surface area contributed by atoms with Crippen molar-refractivity contribution in [1.29, 1.82) is 0 Å². The summed E-state index contributed by atoms with van der Waals surface area (Å²) in [7, 11) is -2.51. The Hall–Kier alpha value is -5.48. The number of carbonyl (C=O) groups excluding carboxylic acids is 1. The molecule has 9 rings (SSSR count). The number of hydrogen-bond acceptors (Lipinski definition) is 11. The number of anilines is 1. The molecule has 1 atom stereocenters. The maximum Gasteiger partial charge on any atom is 0.277 e. The van der Waals surface area contributed by atoms with E-state index in [1.807, 2.05) is 18.2 Å². The third-order valence-electron chi connectivity index (χ3n) is 13.7. The molecule has 3 aliphatic heterocycles. The van der Waals surface area contributed by atoms with Gasteiger partial charge in [-0.25, -0.2) is 18.1 Å². The number of hydrogen-bond donors (Lipinski definition) is 2. The Morgan fingerprint density at radius 2 is 1.78 bits per heavy atom. The molecule has 5 aromatic rings. The number of benzene rings is 3. The fourth-order valence-corrected chi connectivity index (χ4v) is 11.1. The van der Waals surface area contributed by atoms with Gasteiger partial charge in [-0.05, 0) is 130 Å². The van der Waals surface area contributed by atoms with Crippen molar-refractivity contribution in [2.75, 3.05) is 64.4 Å². The van der Waals surface area contributed by atoms with Gasteiger partial charge in [-0.15, -0.1) is 0 Å². The molecular weight excluding hydrogens is 866 g/mol. The van der Waals surface area contributed by atoms with Crippen molar-refractivity contribution in [1.82, 2.24) is 24.5 Å². The van der Waals surface area contributed by atoms with E-state index < -0.39 is 25.7 Å². The topological polar surface area (TPSA) is 163 Å². The zero-order valence-electron chi connectivity index (χ0n) is 37.1. The molecule has 65 heavy (non-hydrogen) atoms. The average Bonchev–Trinajstić information content (AvgIpc) is 3.76. The zero-order chi connectivity index (χ0) is 45.5. The number of piperidine rings is 1. The van der Waals surface area contributed by atoms with Gasteiger partial charge in [0.25, 0.3) is 21.6 Å². The summed E-state index contributed by atoms with van der Waals surface area (Å²) in [4.78, 5) is 40.0. The molecule has 0 radical (unpaired) electrons. The van der Waals surface area contributed by atoms with Gasteiger partial charge in [0.2, 0.25) is 0 Å². The van der Waals surface area contributed by atoms with Crippen molar-refractivity contribution < 1.29 is 27.6 Å². The molecule has 1 aliphatic carbocycles. The first-order valence-corrected chi connectivity index (χ1v) is 24.4. The number of rotatable bonds is 12. The number of nitrogens with one attached hydrogen (secondary N) is 2. The van der Waals surface area contributed by atoms with Crippen molar-refractivity contribution in [3.8, 4) is 17.2 Å². The van der Waals surface area contributed by atoms with Crippen LogP contribution in [0.3, 0.4) is 0 Å². The number of carbonyl (C=O) groups is 1. The number of ether oxygens (including phenoxy) is 2. The number of halogens is 1. The maximum atomic E-state index is 14.1. The normalized spacial score (nSPS) is 19.8. The first-order valence-electron chi connectivity index (χ1n) is 22.6. The van der Waals surface area contributed by atoms with Crippen molar-refractivity contribution in [2.24, 2.45) is 17.3 Å². The zero-order valence-corrected chi connectivity index (χ0v) is 38.7. The molecule has 5 heterocycles. The summed E-state index contributed by atoms with van der Waals surface area (Å²) < 4.78 is 42.5. The van der Waals surface area contributed by atoms with Crippen molar-refractivity contribution in [3.63, 3.8) is 0 Å². The van der Waals surface area contributed by atoms with E-state index in [-0.39, 0.29) is 34.1 Å². The number of nitro groups is 1. The second kappa shape index (κ2) is 18.4. The summed E-state index contributed by atoms with van der Waals surface area (Å²) in [6.45, 7) is 11.0. The molecule has 4 aliphatic rings. The number of nitro benzene ring substituents is 1. The van der Waals surface area contributed by atoms with Crippen LogP contribution in [0.1, 0.15) is 73.9 Å². The average molecular weight is 923 g/mol. The molecule has 0 saturated carbocycles. The van der Waals surface area contributed by atoms with Gasteiger partial charge in [0.05, 0.1) is 33.7 Å². The van der Waals surface area contributed by atoms with Crippen LogP contribution < -0.4 is 19.1 Å². The molecule has 14 nitrogen and oxygen atoms in total. The van der Waals surface area contributed by atoms with Gasteiger partial charge in [-0.1, -0.05) is 43.2 Å². The molecule has 1 amide bonds. The van der Waals surface area contributed by atoms with Crippen LogP contribution in [-0.2, 0) is 16.4 Å². The minimum Gasteiger partial charge on any atom is -0.493 e. The van der Waals surface area contributed by atoms with Gasteiger partial charge in [0, 0.05) is 73.2 Å². The highest BCUT2D eigenvalue weighted by Gasteiger charge is 2.34. The predicted octanol–water partition coefficient (Wildman–Crippen LogP) is 9.10. The standard InChI is InChI=1S/C49H56ClN7O7S/c1-49(2)14-10-36(43(28-49)34-4-6-37(50)7-5-34)30-55-18-20-56(21-19-55)38-8-9-41(46(25-38)64-39-24-35-11-15-51-47(35)52-29-39)48(58)53-65(61,62)40-26-44(57(59)60)42-23-33(31-63-45(42)27-40)22-32-12-16-54(3)17-13-32/h4-9,11,15,24-27,29,32-33H,10,12-14,16-23,28,30-31H2,1-3H3,(H,51,52)(H,53,58)/t33-/m1/s1. The van der Waals surface area contributed by atoms with Crippen LogP contribution in [0.2, 0.25) is 5.02 Å². The number of sulfonamides is 1. The van der Waals surface area contributed by atoms with Crippen LogP contribution in [0.15, 0.2) is 89.6 Å². The van der Waals surface area contributed by atoms with E-state index in [2.05, 4.69) is 62.4 Å². The van der Waals surface area contributed by atoms with E-state index in [1.165, 1.54) is 29.0 Å². The molecule has 3 aromatic carbocycles. The summed E-state index contributed by atoms with van der Waals surface area (Å²) in [5, 5.41) is 13.9. The van der Waals surface area contributed by atoms with Gasteiger partial charge in [-0.2, -0.15) is 0 Å². The fourth-order valence-electron chi connectivity index (χ4n) is 9.95. The first-order chi connectivity index (χ1) is 31.2. The Morgan fingerprint density at radius 3 is 2.54 bits per heavy atom. The third-order valence-corrected chi connectivity index (χ3v) is 15.3. The quantitative estimate of drug-likeness (QED) is 0.0907. The predicted molar refractivity (Wildman–Crippen MR) is 253 cm³/mol. The number of H-pyrrole nitrogens is 1. The van der Waals surface area contributed by atoms with E-state index in [0.29, 0.717) is 35.9 Å². The van der Waals surface area contributed by atoms with Gasteiger partial charge < -0.3 is 24.3 Å². The van der Waals surface area contributed by atoms with Crippen LogP contribution in [0.5, 0.6) is 17.2 Å². The van der Waals surface area contributed by atoms with E-state index in [4.69, 9.17) is 21.1 Å². The summed E-state index contributed by atoms with van der Waals surface area (Å²) in [5.41, 5.74) is 5.81. The number of amides is 1. The Kier molecular flexibility index (Phi) is 12.7. The van der Waals surface area contributed by atoms with E-state index >= 15 is 0 Å². The number of likely N-dealkylation sites (tertiary alicyclic amines) is 1. The van der Waals surface area contributed by atoms with Crippen LogP contribution in [0.4, 0.5) is 11.4 Å². The summed E-state index contributed by atoms with van der Waals surface area (Å²) in [5.74, 6) is 0.270. The number of fused-ring (bicyclic) bond motifs is 2. The lowest BCUT2D eigenvalue weighted by atomic mass is 9.72. The molecule has 2 N–H and O–H groups in total. The summed E-state index contributed by atoms with van der Waals surface area (Å²) in [6, 6.07) is 19.2. The Labute approximate surface area is 385 Å². The molecule has 2 saturated heterocycles. The van der Waals surface area contributed by atoms with Crippen molar-refractivity contribution in [3.05, 3.63) is 117 Å². The van der Waals surface area contributed by atoms with Crippen LogP contribution >= 0.6 is 11.6 Å². The molecule has 0 spiro atoms. The highest BCUT2D eigenvalue weighted by atomic mass is 35.5. The third kappa shape index (κ3) is 10.2. The lowest BCUT2D eigenvalue weighted by molar-refractivity contribution is -0.386. The van der Waals surface area contributed by atoms with Gasteiger partial charge in [0.1, 0.15) is 22.9 Å². The molecule has 16 heteroatoms. The number of piperazine rings is 1. The Bertz CT molecular complexity index is 2740. The van der Waals surface area contributed by atoms with Crippen LogP contribution in [0.25, 0.3) is 16.6 Å². The second-order valence-electron chi connectivity index (χ2n) is 19.0. The van der Waals surface area contributed by atoms with E-state index in [1.54, 1.807) is 30.5 Å². The van der Waals surface area contributed by atoms with E-state index in [0.717, 1.165) is 107 Å². The SMILES string of the molecule is CN1CCC(C[C@H]2COc3cc(S(=O)(=O)NC(=O)c4ccc(N5CCN(CC6=C(c7ccc(Cl)cc7)CC(C)(C)CC6)CC5)cc4Oc4cnc5[nH]ccc5c4)cc([N+](=O)[O-])c3C2)CC1. The van der Waals surface area contributed by atoms with Crippen LogP contribution in [-0.4, -0.2) is 98.5 Å². The smallest absolute Gasteiger partial charge is 0.277 e. The van der Waals surface area contributed by atoms with Crippen LogP contribution in [0, 0.1) is 27.4 Å². The Balaban J connectivity index is 0.933. The molecular formula is C49H56ClN7O7S. The van der Waals surface area contributed by atoms with Gasteiger partial charge >= 0.3 is 0 Å². The lowest BCUT2D eigenvalue weighted by Crippen LogP contribution is -2.47. The van der Waals surface area contributed by atoms with Crippen molar-refractivity contribution in [2.45, 2.75) is 63.7 Å². The monoisotopic (exact) mass is 921 g/mol. The molecule has 342 valence electrons. The second-order valence-corrected chi connectivity index (χ2v) is 21.2. The Morgan fingerprint density at radius 1 is 1.02 bits per heavy atom. The molecule has 0 bridgehead atoms. The maximum absolute atomic E-state index is 14.1. The van der Waals surface area contributed by atoms with Crippen molar-refractivity contribution >= 4 is 55.5 Å². The summed E-state index contributed by atoms with van der Waals surface area (Å²) in [6.07, 6.45) is 9.93. The number of aromatic nitrogens is 2. The highest BCUT2D eigenvalue weighted by molar-refractivity contribution is 7.90. The van der Waals surface area contributed by atoms with Gasteiger partial charge in [-0.3, -0.25) is 19.8 Å². The number of allylic oxidation sites excluding steroid dienone is 1. The molecule has 0 unspecified atom stereocenters. The first kappa shape index (κ1) is 44.7. The minimum atomic E-state index is -4.62. The molecule has 2 fully saturated rings. The van der Waals surface area contributed by atoms with Gasteiger partial charge in [0.15, 0.2) is 0 Å². The largest absolute Gasteiger partial charge is 0.493 e. The summed E-state index contributed by atoms with van der Waals surface area (Å²) >= 11 is 6.25. The highest BCUT2D eigenvalue weighted by Crippen LogP contribution is 2.44.